The number of fused-ring (bicyclic) bond motifs is 1. The number of rotatable bonds is 2. The van der Waals surface area contributed by atoms with Crippen molar-refractivity contribution in [2.45, 2.75) is 25.9 Å². The average Bonchev–Trinajstić information content (AvgIpc) is 2.99. The molecule has 3 rings (SSSR count). The highest BCUT2D eigenvalue weighted by Gasteiger charge is 2.34. The van der Waals surface area contributed by atoms with E-state index in [2.05, 4.69) is 0 Å². The molecule has 6 heteroatoms. The Morgan fingerprint density at radius 1 is 1.42 bits per heavy atom. The molecule has 24 heavy (non-hydrogen) atoms. The first kappa shape index (κ1) is 16.3. The number of hydrogen-bond donors (Lipinski definition) is 1. The molecule has 1 aromatic rings. The van der Waals surface area contributed by atoms with Crippen molar-refractivity contribution in [2.75, 3.05) is 0 Å². The highest BCUT2D eigenvalue weighted by atomic mass is 32.1. The lowest BCUT2D eigenvalue weighted by Crippen LogP contribution is -2.33. The molecule has 2 bridgehead atoms. The minimum absolute atomic E-state index is 0.371. The van der Waals surface area contributed by atoms with Gasteiger partial charge in [-0.25, -0.2) is 9.59 Å². The van der Waals surface area contributed by atoms with Crippen molar-refractivity contribution in [3.05, 3.63) is 69.3 Å². The van der Waals surface area contributed by atoms with E-state index in [1.807, 2.05) is 17.5 Å². The Labute approximate surface area is 143 Å². The minimum Gasteiger partial charge on any atom is -0.447 e. The molecule has 0 amide bonds. The Balaban J connectivity index is 1.96. The van der Waals surface area contributed by atoms with E-state index in [0.717, 1.165) is 5.57 Å². The van der Waals surface area contributed by atoms with E-state index in [4.69, 9.17) is 15.2 Å². The van der Waals surface area contributed by atoms with Crippen LogP contribution in [0.4, 0.5) is 0 Å². The van der Waals surface area contributed by atoms with Crippen LogP contribution in [-0.2, 0) is 14.3 Å². The molecular weight excluding hydrogens is 326 g/mol. The number of carbonyl (C=O) groups excluding carboxylic acids is 2. The normalized spacial score (nSPS) is 25.7. The highest BCUT2D eigenvalue weighted by Crippen LogP contribution is 2.34. The van der Waals surface area contributed by atoms with Gasteiger partial charge in [-0.3, -0.25) is 0 Å². The van der Waals surface area contributed by atoms with Gasteiger partial charge in [0.1, 0.15) is 10.6 Å². The number of nitrogens with two attached hydrogens (primary N) is 1. The molecule has 124 valence electrons. The Kier molecular flexibility index (Phi) is 4.15. The second-order valence-electron chi connectivity index (χ2n) is 5.83. The number of carbonyl (C=O) groups is 2. The van der Waals surface area contributed by atoms with Gasteiger partial charge < -0.3 is 15.2 Å². The molecule has 0 radical (unpaired) electrons. The first-order valence-electron chi connectivity index (χ1n) is 7.43. The summed E-state index contributed by atoms with van der Waals surface area (Å²) in [6.45, 7) is 3.55. The van der Waals surface area contributed by atoms with Crippen molar-refractivity contribution >= 4 is 23.3 Å². The summed E-state index contributed by atoms with van der Waals surface area (Å²) in [7, 11) is 0. The van der Waals surface area contributed by atoms with Gasteiger partial charge in [-0.1, -0.05) is 12.1 Å². The number of allylic oxidation sites excluding steroid dienone is 3. The zero-order chi connectivity index (χ0) is 17.3. The van der Waals surface area contributed by atoms with Crippen molar-refractivity contribution in [1.82, 2.24) is 0 Å². The Hall–Kier alpha value is -2.60. The molecule has 1 atom stereocenters. The van der Waals surface area contributed by atoms with Crippen LogP contribution in [0.15, 0.2) is 64.4 Å². The highest BCUT2D eigenvalue weighted by molar-refractivity contribution is 7.11. The van der Waals surface area contributed by atoms with E-state index in [0.29, 0.717) is 28.3 Å². The first-order valence-corrected chi connectivity index (χ1v) is 8.31. The fourth-order valence-corrected chi connectivity index (χ4v) is 3.21. The molecule has 0 saturated heterocycles. The van der Waals surface area contributed by atoms with Crippen molar-refractivity contribution < 1.29 is 19.1 Å². The van der Waals surface area contributed by atoms with Crippen molar-refractivity contribution in [3.63, 3.8) is 0 Å². The largest absolute Gasteiger partial charge is 0.447 e. The van der Waals surface area contributed by atoms with Crippen LogP contribution in [0, 0.1) is 0 Å². The van der Waals surface area contributed by atoms with Gasteiger partial charge in [0.05, 0.1) is 0 Å². The zero-order valence-corrected chi connectivity index (χ0v) is 14.2. The summed E-state index contributed by atoms with van der Waals surface area (Å²) >= 11 is 1.31. The van der Waals surface area contributed by atoms with E-state index in [1.165, 1.54) is 17.4 Å². The summed E-state index contributed by atoms with van der Waals surface area (Å²) in [5.41, 5.74) is 6.78. The predicted molar refractivity (Wildman–Crippen MR) is 91.0 cm³/mol. The number of esters is 2. The van der Waals surface area contributed by atoms with E-state index in [9.17, 15) is 9.59 Å². The Morgan fingerprint density at radius 2 is 2.21 bits per heavy atom. The quantitative estimate of drug-likeness (QED) is 0.834. The van der Waals surface area contributed by atoms with Gasteiger partial charge in [0.15, 0.2) is 5.60 Å². The minimum atomic E-state index is -1.00. The van der Waals surface area contributed by atoms with Crippen LogP contribution in [0.3, 0.4) is 0 Å². The monoisotopic (exact) mass is 343 g/mol. The second-order valence-corrected chi connectivity index (χ2v) is 6.78. The first-order chi connectivity index (χ1) is 11.4. The predicted octanol–water partition coefficient (Wildman–Crippen LogP) is 3.22. The number of hydrogen-bond acceptors (Lipinski definition) is 6. The van der Waals surface area contributed by atoms with Crippen LogP contribution in [-0.4, -0.2) is 17.5 Å². The summed E-state index contributed by atoms with van der Waals surface area (Å²) in [5, 5.41) is 1.81. The molecule has 1 aliphatic carbocycles. The van der Waals surface area contributed by atoms with Gasteiger partial charge in [0.25, 0.3) is 0 Å². The zero-order valence-electron chi connectivity index (χ0n) is 13.4. The molecular formula is C18H17NO4S. The van der Waals surface area contributed by atoms with Crippen LogP contribution in [0.25, 0.3) is 0 Å². The van der Waals surface area contributed by atoms with E-state index < -0.39 is 17.5 Å². The van der Waals surface area contributed by atoms with Crippen LogP contribution < -0.4 is 5.73 Å². The summed E-state index contributed by atoms with van der Waals surface area (Å²) in [6.07, 6.45) is 7.09. The number of thiophene rings is 1. The molecule has 5 nitrogen and oxygen atoms in total. The standard InChI is InChI=1S/C18H17NO4S/c1-11-14(22-17(21)15-4-3-7-24-15)6-5-12-8-13(19)9-16(20)23-18(11,2)10-12/h3-7,9-10H,8,19H2,1-2H3/b13-9+. The van der Waals surface area contributed by atoms with Crippen LogP contribution in [0.5, 0.6) is 0 Å². The smallest absolute Gasteiger partial charge is 0.353 e. The molecule has 1 aliphatic heterocycles. The van der Waals surface area contributed by atoms with Gasteiger partial charge in [-0.15, -0.1) is 11.3 Å². The molecule has 0 aromatic carbocycles. The molecule has 0 saturated carbocycles. The maximum absolute atomic E-state index is 12.2. The third kappa shape index (κ3) is 3.19. The van der Waals surface area contributed by atoms with Crippen LogP contribution in [0.2, 0.25) is 0 Å². The fourth-order valence-electron chi connectivity index (χ4n) is 2.61. The maximum atomic E-state index is 12.2. The fraction of sp³-hybridized carbons (Fsp3) is 0.222. The van der Waals surface area contributed by atoms with Gasteiger partial charge >= 0.3 is 11.9 Å². The maximum Gasteiger partial charge on any atom is 0.353 e. The Bertz CT molecular complexity index is 814. The molecule has 1 aromatic heterocycles. The van der Waals surface area contributed by atoms with Crippen LogP contribution >= 0.6 is 11.3 Å². The van der Waals surface area contributed by atoms with Gasteiger partial charge in [-0.05, 0) is 43.0 Å². The van der Waals surface area contributed by atoms with Crippen molar-refractivity contribution in [2.24, 2.45) is 5.73 Å². The van der Waals surface area contributed by atoms with Crippen molar-refractivity contribution in [1.29, 1.82) is 0 Å². The summed E-state index contributed by atoms with van der Waals surface area (Å²) < 4.78 is 11.1. The lowest BCUT2D eigenvalue weighted by molar-refractivity contribution is -0.145. The molecule has 0 spiro atoms. The van der Waals surface area contributed by atoms with E-state index in [-0.39, 0.29) is 0 Å². The van der Waals surface area contributed by atoms with Crippen molar-refractivity contribution in [3.8, 4) is 0 Å². The third-order valence-electron chi connectivity index (χ3n) is 3.97. The van der Waals surface area contributed by atoms with Gasteiger partial charge in [-0.2, -0.15) is 0 Å². The molecule has 2 aliphatic rings. The molecule has 1 unspecified atom stereocenters. The number of ether oxygens (including phenoxy) is 2. The third-order valence-corrected chi connectivity index (χ3v) is 4.82. The van der Waals surface area contributed by atoms with Gasteiger partial charge in [0, 0.05) is 23.8 Å². The molecule has 2 N–H and O–H groups in total. The van der Waals surface area contributed by atoms with E-state index in [1.54, 1.807) is 32.1 Å². The summed E-state index contributed by atoms with van der Waals surface area (Å²) in [4.78, 5) is 24.7. The molecule has 2 heterocycles. The Morgan fingerprint density at radius 3 is 2.92 bits per heavy atom. The topological polar surface area (TPSA) is 78.6 Å². The molecule has 0 fully saturated rings. The SMILES string of the molecule is CC1=C(OC(=O)c2cccs2)C=CC2=CC1(C)OC(=O)/C=C(/N)C2. The summed E-state index contributed by atoms with van der Waals surface area (Å²) in [6, 6.07) is 3.49. The van der Waals surface area contributed by atoms with Gasteiger partial charge in [0.2, 0.25) is 0 Å². The lowest BCUT2D eigenvalue weighted by atomic mass is 9.92. The second kappa shape index (κ2) is 6.13. The van der Waals surface area contributed by atoms with E-state index >= 15 is 0 Å². The summed E-state index contributed by atoms with van der Waals surface area (Å²) in [5.74, 6) is -0.584. The average molecular weight is 343 g/mol. The lowest BCUT2D eigenvalue weighted by Gasteiger charge is -2.29. The van der Waals surface area contributed by atoms with Crippen LogP contribution in [0.1, 0.15) is 29.9 Å².